The molecule has 4 N–H and O–H groups in total. The molecular formula is C13H28N4O. The van der Waals surface area contributed by atoms with Crippen LogP contribution in [0.25, 0.3) is 0 Å². The van der Waals surface area contributed by atoms with Gasteiger partial charge in [-0.2, -0.15) is 0 Å². The molecule has 1 rings (SSSR count). The molecule has 18 heavy (non-hydrogen) atoms. The van der Waals surface area contributed by atoms with Crippen LogP contribution in [-0.4, -0.2) is 60.5 Å². The normalized spacial score (nSPS) is 21.7. The first-order valence-corrected chi connectivity index (χ1v) is 7.11. The summed E-state index contributed by atoms with van der Waals surface area (Å²) in [5, 5.41) is 0. The van der Waals surface area contributed by atoms with Gasteiger partial charge in [0, 0.05) is 38.8 Å². The molecule has 0 spiro atoms. The van der Waals surface area contributed by atoms with Crippen LogP contribution in [0.4, 0.5) is 0 Å². The zero-order chi connectivity index (χ0) is 13.5. The molecule has 1 heterocycles. The molecule has 1 aliphatic heterocycles. The largest absolute Gasteiger partial charge is 0.368 e. The van der Waals surface area contributed by atoms with Crippen LogP contribution < -0.4 is 11.5 Å². The Kier molecular flexibility index (Phi) is 6.60. The highest BCUT2D eigenvalue weighted by molar-refractivity contribution is 5.79. The SMILES string of the molecule is CCCC(CN)N1CCN(C(CC)C(N)=O)CC1. The molecule has 2 unspecified atom stereocenters. The van der Waals surface area contributed by atoms with Crippen LogP contribution in [0.1, 0.15) is 33.1 Å². The molecule has 0 radical (unpaired) electrons. The number of hydrogen-bond acceptors (Lipinski definition) is 4. The van der Waals surface area contributed by atoms with E-state index in [1.807, 2.05) is 6.92 Å². The first-order valence-electron chi connectivity index (χ1n) is 7.11. The van der Waals surface area contributed by atoms with Crippen LogP contribution >= 0.6 is 0 Å². The predicted molar refractivity (Wildman–Crippen MR) is 74.2 cm³/mol. The Balaban J connectivity index is 2.46. The molecule has 5 heteroatoms. The van der Waals surface area contributed by atoms with Crippen molar-refractivity contribution in [3.8, 4) is 0 Å². The van der Waals surface area contributed by atoms with Crippen molar-refractivity contribution >= 4 is 5.91 Å². The fourth-order valence-corrected chi connectivity index (χ4v) is 2.84. The highest BCUT2D eigenvalue weighted by atomic mass is 16.1. The Morgan fingerprint density at radius 3 is 2.11 bits per heavy atom. The maximum atomic E-state index is 11.4. The van der Waals surface area contributed by atoms with E-state index in [1.54, 1.807) is 0 Å². The van der Waals surface area contributed by atoms with Crippen LogP contribution in [0, 0.1) is 0 Å². The molecule has 1 amide bonds. The number of primary amides is 1. The molecule has 0 aliphatic carbocycles. The molecule has 0 aromatic heterocycles. The lowest BCUT2D eigenvalue weighted by atomic mass is 10.1. The van der Waals surface area contributed by atoms with Crippen molar-refractivity contribution in [1.29, 1.82) is 0 Å². The average molecular weight is 256 g/mol. The van der Waals surface area contributed by atoms with Crippen molar-refractivity contribution in [2.75, 3.05) is 32.7 Å². The molecule has 2 atom stereocenters. The monoisotopic (exact) mass is 256 g/mol. The lowest BCUT2D eigenvalue weighted by Crippen LogP contribution is -2.56. The summed E-state index contributed by atoms with van der Waals surface area (Å²) in [5.41, 5.74) is 11.3. The number of carbonyl (C=O) groups is 1. The minimum absolute atomic E-state index is 0.102. The second-order valence-electron chi connectivity index (χ2n) is 5.08. The number of carbonyl (C=O) groups excluding carboxylic acids is 1. The Hall–Kier alpha value is -0.650. The first-order chi connectivity index (χ1) is 8.63. The Morgan fingerprint density at radius 1 is 1.17 bits per heavy atom. The number of amides is 1. The molecule has 0 aromatic rings. The van der Waals surface area contributed by atoms with Crippen LogP contribution in [-0.2, 0) is 4.79 Å². The molecule has 5 nitrogen and oxygen atoms in total. The summed E-state index contributed by atoms with van der Waals surface area (Å²) in [7, 11) is 0. The van der Waals surface area contributed by atoms with Gasteiger partial charge in [0.2, 0.25) is 5.91 Å². The smallest absolute Gasteiger partial charge is 0.234 e. The van der Waals surface area contributed by atoms with E-state index in [0.717, 1.165) is 45.6 Å². The van der Waals surface area contributed by atoms with Gasteiger partial charge in [0.15, 0.2) is 0 Å². The van der Waals surface area contributed by atoms with Crippen molar-refractivity contribution in [2.24, 2.45) is 11.5 Å². The summed E-state index contributed by atoms with van der Waals surface area (Å²) in [4.78, 5) is 16.0. The van der Waals surface area contributed by atoms with E-state index < -0.39 is 0 Å². The molecule has 0 saturated carbocycles. The third-order valence-corrected chi connectivity index (χ3v) is 3.92. The van der Waals surface area contributed by atoms with E-state index in [0.29, 0.717) is 6.04 Å². The van der Waals surface area contributed by atoms with Gasteiger partial charge in [0.1, 0.15) is 0 Å². The topological polar surface area (TPSA) is 75.6 Å². The van der Waals surface area contributed by atoms with Gasteiger partial charge in [-0.1, -0.05) is 20.3 Å². The number of nitrogens with zero attached hydrogens (tertiary/aromatic N) is 2. The van der Waals surface area contributed by atoms with Crippen molar-refractivity contribution in [3.05, 3.63) is 0 Å². The zero-order valence-corrected chi connectivity index (χ0v) is 11.8. The molecule has 0 bridgehead atoms. The summed E-state index contributed by atoms with van der Waals surface area (Å²) in [6, 6.07) is 0.389. The zero-order valence-electron chi connectivity index (χ0n) is 11.8. The average Bonchev–Trinajstić information content (AvgIpc) is 2.37. The van der Waals surface area contributed by atoms with Gasteiger partial charge in [0.05, 0.1) is 6.04 Å². The minimum atomic E-state index is -0.199. The van der Waals surface area contributed by atoms with E-state index >= 15 is 0 Å². The fraction of sp³-hybridized carbons (Fsp3) is 0.923. The van der Waals surface area contributed by atoms with Crippen LogP contribution in [0.5, 0.6) is 0 Å². The van der Waals surface area contributed by atoms with Gasteiger partial charge < -0.3 is 11.5 Å². The summed E-state index contributed by atoms with van der Waals surface area (Å²) < 4.78 is 0. The minimum Gasteiger partial charge on any atom is -0.368 e. The van der Waals surface area contributed by atoms with Crippen LogP contribution in [0.3, 0.4) is 0 Å². The summed E-state index contributed by atoms with van der Waals surface area (Å²) in [6.45, 7) is 8.75. The third kappa shape index (κ3) is 3.93. The lowest BCUT2D eigenvalue weighted by molar-refractivity contribution is -0.124. The molecule has 106 valence electrons. The summed E-state index contributed by atoms with van der Waals surface area (Å²) in [5.74, 6) is -0.199. The highest BCUT2D eigenvalue weighted by Gasteiger charge is 2.28. The Labute approximate surface area is 110 Å². The van der Waals surface area contributed by atoms with E-state index in [1.165, 1.54) is 6.42 Å². The van der Waals surface area contributed by atoms with Gasteiger partial charge in [-0.25, -0.2) is 0 Å². The molecular weight excluding hydrogens is 228 g/mol. The van der Waals surface area contributed by atoms with Crippen molar-refractivity contribution in [2.45, 2.75) is 45.2 Å². The molecule has 1 aliphatic rings. The van der Waals surface area contributed by atoms with Gasteiger partial charge in [-0.15, -0.1) is 0 Å². The quantitative estimate of drug-likeness (QED) is 0.672. The van der Waals surface area contributed by atoms with Crippen molar-refractivity contribution in [1.82, 2.24) is 9.80 Å². The lowest BCUT2D eigenvalue weighted by Gasteiger charge is -2.41. The van der Waals surface area contributed by atoms with E-state index in [9.17, 15) is 4.79 Å². The Bertz CT molecular complexity index is 251. The maximum absolute atomic E-state index is 11.4. The number of rotatable bonds is 7. The van der Waals surface area contributed by atoms with Gasteiger partial charge in [0.25, 0.3) is 0 Å². The molecule has 1 fully saturated rings. The first kappa shape index (κ1) is 15.4. The number of piperazine rings is 1. The second-order valence-corrected chi connectivity index (χ2v) is 5.08. The standard InChI is InChI=1S/C13H28N4O/c1-3-5-11(10-14)16-6-8-17(9-7-16)12(4-2)13(15)18/h11-12H,3-10,14H2,1-2H3,(H2,15,18). The maximum Gasteiger partial charge on any atom is 0.234 e. The Morgan fingerprint density at radius 2 is 1.72 bits per heavy atom. The van der Waals surface area contributed by atoms with E-state index in [-0.39, 0.29) is 11.9 Å². The van der Waals surface area contributed by atoms with Crippen molar-refractivity contribution < 1.29 is 4.79 Å². The molecule has 1 saturated heterocycles. The van der Waals surface area contributed by atoms with Gasteiger partial charge in [-0.05, 0) is 12.8 Å². The van der Waals surface area contributed by atoms with Crippen molar-refractivity contribution in [3.63, 3.8) is 0 Å². The van der Waals surface area contributed by atoms with E-state index in [4.69, 9.17) is 11.5 Å². The summed E-state index contributed by atoms with van der Waals surface area (Å²) >= 11 is 0. The number of nitrogens with two attached hydrogens (primary N) is 2. The molecule has 0 aromatic carbocycles. The van der Waals surface area contributed by atoms with Crippen LogP contribution in [0.15, 0.2) is 0 Å². The fourth-order valence-electron chi connectivity index (χ4n) is 2.84. The van der Waals surface area contributed by atoms with E-state index in [2.05, 4.69) is 16.7 Å². The third-order valence-electron chi connectivity index (χ3n) is 3.92. The highest BCUT2D eigenvalue weighted by Crippen LogP contribution is 2.13. The second kappa shape index (κ2) is 7.71. The van der Waals surface area contributed by atoms with Crippen LogP contribution in [0.2, 0.25) is 0 Å². The van der Waals surface area contributed by atoms with Gasteiger partial charge in [-0.3, -0.25) is 14.6 Å². The number of hydrogen-bond donors (Lipinski definition) is 2. The van der Waals surface area contributed by atoms with Gasteiger partial charge >= 0.3 is 0 Å². The summed E-state index contributed by atoms with van der Waals surface area (Å²) in [6.07, 6.45) is 3.12. The predicted octanol–water partition coefficient (Wildman–Crippen LogP) is -0.00470.